The molecule has 1 heterocycles. The van der Waals surface area contributed by atoms with Gasteiger partial charge in [-0.3, -0.25) is 5.73 Å². The van der Waals surface area contributed by atoms with Gasteiger partial charge in [-0.15, -0.1) is 0 Å². The molecule has 20 heavy (non-hydrogen) atoms. The predicted molar refractivity (Wildman–Crippen MR) is 80.9 cm³/mol. The van der Waals surface area contributed by atoms with Gasteiger partial charge in [0.25, 0.3) is 0 Å². The van der Waals surface area contributed by atoms with Crippen molar-refractivity contribution in [3.8, 4) is 0 Å². The lowest BCUT2D eigenvalue weighted by Crippen LogP contribution is -2.59. The molecule has 1 rings (SSSR count). The number of amidine groups is 1. The highest BCUT2D eigenvalue weighted by Crippen LogP contribution is 2.23. The number of carbonyl (C=O) groups is 1. The molecule has 1 aliphatic heterocycles. The van der Waals surface area contributed by atoms with Crippen LogP contribution in [0.4, 0.5) is 0 Å². The molecule has 0 aromatic rings. The van der Waals surface area contributed by atoms with Gasteiger partial charge in [0.05, 0.1) is 6.20 Å². The lowest BCUT2D eigenvalue weighted by molar-refractivity contribution is -0.805. The Morgan fingerprint density at radius 1 is 1.50 bits per heavy atom. The second-order valence-electron chi connectivity index (χ2n) is 5.19. The van der Waals surface area contributed by atoms with Crippen LogP contribution in [0.25, 0.3) is 0 Å². The van der Waals surface area contributed by atoms with Crippen LogP contribution < -0.4 is 5.73 Å². The van der Waals surface area contributed by atoms with Gasteiger partial charge >= 0.3 is 5.97 Å². The van der Waals surface area contributed by atoms with E-state index >= 15 is 0 Å². The first kappa shape index (κ1) is 16.6. The standard InChI is InChI=1S/C15H25N3O2/c1-3-4-5-6-7-8-9-14-17-10-11-18(14,13(2)16)12-15(19)20/h4-5,10-11,13H,3,6-9,12,16H2,1-2H3/p+1/b5-4+. The van der Waals surface area contributed by atoms with Gasteiger partial charge in [0.1, 0.15) is 12.4 Å². The molecule has 0 saturated carbocycles. The largest absolute Gasteiger partial charge is 0.477 e. The van der Waals surface area contributed by atoms with Crippen LogP contribution in [0.1, 0.15) is 46.0 Å². The van der Waals surface area contributed by atoms with Gasteiger partial charge in [0.2, 0.25) is 5.84 Å². The highest BCUT2D eigenvalue weighted by molar-refractivity contribution is 5.81. The van der Waals surface area contributed by atoms with Crippen molar-refractivity contribution in [3.63, 3.8) is 0 Å². The SMILES string of the molecule is CC/C=C/CCCCC1=NC=C[N+]1(CC(=O)O)C(C)N. The van der Waals surface area contributed by atoms with Crippen molar-refractivity contribution in [1.29, 1.82) is 0 Å². The molecule has 0 fully saturated rings. The predicted octanol–water partition coefficient (Wildman–Crippen LogP) is 2.60. The van der Waals surface area contributed by atoms with Crippen molar-refractivity contribution in [2.24, 2.45) is 10.7 Å². The number of allylic oxidation sites excluding steroid dienone is 2. The Morgan fingerprint density at radius 2 is 2.25 bits per heavy atom. The number of quaternary nitrogens is 1. The quantitative estimate of drug-likeness (QED) is 0.387. The third-order valence-corrected chi connectivity index (χ3v) is 3.58. The summed E-state index contributed by atoms with van der Waals surface area (Å²) in [5, 5.41) is 9.11. The summed E-state index contributed by atoms with van der Waals surface area (Å²) in [5.41, 5.74) is 6.01. The zero-order chi connectivity index (χ0) is 15.0. The Kier molecular flexibility index (Phi) is 6.61. The third-order valence-electron chi connectivity index (χ3n) is 3.58. The topological polar surface area (TPSA) is 75.7 Å². The molecule has 0 spiro atoms. The van der Waals surface area contributed by atoms with Crippen LogP contribution in [0.3, 0.4) is 0 Å². The van der Waals surface area contributed by atoms with Crippen LogP contribution in [-0.2, 0) is 4.79 Å². The molecule has 0 radical (unpaired) electrons. The summed E-state index contributed by atoms with van der Waals surface area (Å²) in [4.78, 5) is 15.4. The van der Waals surface area contributed by atoms with Crippen molar-refractivity contribution in [2.75, 3.05) is 6.54 Å². The number of rotatable bonds is 9. The van der Waals surface area contributed by atoms with E-state index in [1.54, 1.807) is 12.4 Å². The summed E-state index contributed by atoms with van der Waals surface area (Å²) >= 11 is 0. The summed E-state index contributed by atoms with van der Waals surface area (Å²) in [6.45, 7) is 3.91. The maximum Gasteiger partial charge on any atom is 0.360 e. The molecule has 0 bridgehead atoms. The van der Waals surface area contributed by atoms with Crippen LogP contribution >= 0.6 is 0 Å². The van der Waals surface area contributed by atoms with E-state index in [0.717, 1.165) is 37.9 Å². The van der Waals surface area contributed by atoms with E-state index < -0.39 is 5.97 Å². The fraction of sp³-hybridized carbons (Fsp3) is 0.600. The van der Waals surface area contributed by atoms with E-state index in [0.29, 0.717) is 0 Å². The molecule has 0 saturated heterocycles. The van der Waals surface area contributed by atoms with E-state index in [1.165, 1.54) is 0 Å². The van der Waals surface area contributed by atoms with Gasteiger partial charge in [0.15, 0.2) is 6.54 Å². The molecule has 0 aromatic carbocycles. The lowest BCUT2D eigenvalue weighted by atomic mass is 10.1. The second kappa shape index (κ2) is 7.97. The Hall–Kier alpha value is -1.46. The zero-order valence-electron chi connectivity index (χ0n) is 12.5. The Morgan fingerprint density at radius 3 is 2.85 bits per heavy atom. The van der Waals surface area contributed by atoms with E-state index in [4.69, 9.17) is 10.8 Å². The summed E-state index contributed by atoms with van der Waals surface area (Å²) in [6, 6.07) is 0. The maximum absolute atomic E-state index is 11.1. The molecule has 2 unspecified atom stereocenters. The second-order valence-corrected chi connectivity index (χ2v) is 5.19. The number of nitrogens with two attached hydrogens (primary N) is 1. The van der Waals surface area contributed by atoms with E-state index in [9.17, 15) is 4.79 Å². The third kappa shape index (κ3) is 4.28. The molecule has 1 aliphatic rings. The van der Waals surface area contributed by atoms with Crippen molar-refractivity contribution in [1.82, 2.24) is 0 Å². The highest BCUT2D eigenvalue weighted by Gasteiger charge is 2.40. The molecule has 0 aliphatic carbocycles. The number of hydrogen-bond donors (Lipinski definition) is 2. The van der Waals surface area contributed by atoms with Crippen LogP contribution in [-0.4, -0.2) is 34.1 Å². The van der Waals surface area contributed by atoms with E-state index in [1.807, 2.05) is 6.92 Å². The first-order valence-corrected chi connectivity index (χ1v) is 7.27. The van der Waals surface area contributed by atoms with Crippen LogP contribution in [0.2, 0.25) is 0 Å². The molecule has 0 aromatic heterocycles. The Bertz CT molecular complexity index is 413. The van der Waals surface area contributed by atoms with Gasteiger partial charge in [-0.1, -0.05) is 19.1 Å². The molecular formula is C15H26N3O2+. The molecule has 2 atom stereocenters. The van der Waals surface area contributed by atoms with Crippen molar-refractivity contribution < 1.29 is 14.4 Å². The number of hydrogen-bond acceptors (Lipinski definition) is 3. The van der Waals surface area contributed by atoms with Gasteiger partial charge < -0.3 is 5.11 Å². The van der Waals surface area contributed by atoms with Crippen molar-refractivity contribution >= 4 is 11.8 Å². The van der Waals surface area contributed by atoms with Crippen molar-refractivity contribution in [2.45, 2.75) is 52.1 Å². The van der Waals surface area contributed by atoms with E-state index in [-0.39, 0.29) is 17.2 Å². The molecule has 0 amide bonds. The number of nitrogens with zero attached hydrogens (tertiary/aromatic N) is 2. The molecule has 5 nitrogen and oxygen atoms in total. The van der Waals surface area contributed by atoms with Crippen LogP contribution in [0.5, 0.6) is 0 Å². The molecular weight excluding hydrogens is 254 g/mol. The van der Waals surface area contributed by atoms with Gasteiger partial charge in [-0.05, 0) is 25.7 Å². The normalized spacial score (nSPS) is 23.2. The van der Waals surface area contributed by atoms with Crippen molar-refractivity contribution in [3.05, 3.63) is 24.6 Å². The fourth-order valence-electron chi connectivity index (χ4n) is 2.42. The molecule has 112 valence electrons. The monoisotopic (exact) mass is 280 g/mol. The van der Waals surface area contributed by atoms with Gasteiger partial charge in [0, 0.05) is 13.3 Å². The number of carboxylic acids is 1. The Labute approximate surface area is 121 Å². The Balaban J connectivity index is 2.55. The number of unbranched alkanes of at least 4 members (excludes halogenated alkanes) is 2. The molecule has 5 heteroatoms. The molecule has 3 N–H and O–H groups in total. The first-order chi connectivity index (χ1) is 9.53. The van der Waals surface area contributed by atoms with Crippen LogP contribution in [0.15, 0.2) is 29.5 Å². The zero-order valence-corrected chi connectivity index (χ0v) is 12.5. The summed E-state index contributed by atoms with van der Waals surface area (Å²) in [6.07, 6.45) is 12.5. The number of carboxylic acid groups (broad SMARTS) is 1. The van der Waals surface area contributed by atoms with E-state index in [2.05, 4.69) is 24.1 Å². The smallest absolute Gasteiger partial charge is 0.360 e. The number of aliphatic imine (C=N–C) groups is 1. The van der Waals surface area contributed by atoms with Gasteiger partial charge in [-0.25, -0.2) is 14.3 Å². The van der Waals surface area contributed by atoms with Gasteiger partial charge in [-0.2, -0.15) is 0 Å². The van der Waals surface area contributed by atoms with Crippen LogP contribution in [0, 0.1) is 0 Å². The maximum atomic E-state index is 11.1. The fourth-order valence-corrected chi connectivity index (χ4v) is 2.42. The summed E-state index contributed by atoms with van der Waals surface area (Å²) in [5.74, 6) is 0.00861. The lowest BCUT2D eigenvalue weighted by Gasteiger charge is -2.34. The summed E-state index contributed by atoms with van der Waals surface area (Å²) < 4.78 is 0.153. The average molecular weight is 280 g/mol. The first-order valence-electron chi connectivity index (χ1n) is 7.27. The number of aliphatic carboxylic acids is 1. The minimum absolute atomic E-state index is 0.0390. The minimum Gasteiger partial charge on any atom is -0.477 e. The minimum atomic E-state index is -0.854. The summed E-state index contributed by atoms with van der Waals surface area (Å²) in [7, 11) is 0. The highest BCUT2D eigenvalue weighted by atomic mass is 16.4. The average Bonchev–Trinajstić information content (AvgIpc) is 2.77.